The molecule has 0 saturated heterocycles. The molecule has 0 fully saturated rings. The van der Waals surface area contributed by atoms with Crippen LogP contribution in [0.4, 0.5) is 5.69 Å². The number of carboxylic acids is 2. The van der Waals surface area contributed by atoms with Gasteiger partial charge >= 0.3 is 17.6 Å². The van der Waals surface area contributed by atoms with Gasteiger partial charge in [-0.25, -0.2) is 9.59 Å². The van der Waals surface area contributed by atoms with Crippen LogP contribution < -0.4 is 0 Å². The number of benzene rings is 3. The third-order valence-corrected chi connectivity index (χ3v) is 6.61. The fourth-order valence-corrected chi connectivity index (χ4v) is 5.18. The third kappa shape index (κ3) is 3.57. The van der Waals surface area contributed by atoms with E-state index in [1.54, 1.807) is 48.5 Å². The summed E-state index contributed by atoms with van der Waals surface area (Å²) in [6, 6.07) is 16.0. The number of phenols is 1. The summed E-state index contributed by atoms with van der Waals surface area (Å²) in [7, 11) is 0. The van der Waals surface area contributed by atoms with Crippen LogP contribution in [0.15, 0.2) is 66.2 Å². The average Bonchev–Trinajstić information content (AvgIpc) is 3.41. The zero-order valence-electron chi connectivity index (χ0n) is 18.4. The number of rotatable bonds is 6. The first-order valence-electron chi connectivity index (χ1n) is 10.7. The molecule has 1 atom stereocenters. The Morgan fingerprint density at radius 1 is 1.03 bits per heavy atom. The lowest BCUT2D eigenvalue weighted by molar-refractivity contribution is -0.385. The van der Waals surface area contributed by atoms with Crippen molar-refractivity contribution in [1.82, 2.24) is 4.98 Å². The van der Waals surface area contributed by atoms with E-state index in [2.05, 4.69) is 4.98 Å². The van der Waals surface area contributed by atoms with Crippen LogP contribution in [0.5, 0.6) is 5.75 Å². The van der Waals surface area contributed by atoms with Crippen molar-refractivity contribution in [1.29, 1.82) is 0 Å². The SMILES string of the molecule is O=C(O)C1=C(C(c2cc(Cl)cc([N+](=O)[O-])c2O)c2c(C(=O)O)[nH]c3ccccc23)c2ccccc2C1. The summed E-state index contributed by atoms with van der Waals surface area (Å²) in [5, 5.41) is 43.4. The summed E-state index contributed by atoms with van der Waals surface area (Å²) in [4.78, 5) is 38.5. The molecule has 36 heavy (non-hydrogen) atoms. The molecule has 5 rings (SSSR count). The van der Waals surface area contributed by atoms with Crippen molar-refractivity contribution >= 4 is 45.7 Å². The Kier molecular flexibility index (Phi) is 5.49. The fraction of sp³-hybridized carbons (Fsp3) is 0.0769. The lowest BCUT2D eigenvalue weighted by Crippen LogP contribution is -2.13. The van der Waals surface area contributed by atoms with E-state index in [0.717, 1.165) is 6.07 Å². The number of aromatic amines is 1. The molecule has 1 aliphatic carbocycles. The molecule has 0 radical (unpaired) electrons. The number of aromatic nitrogens is 1. The van der Waals surface area contributed by atoms with Gasteiger partial charge in [-0.2, -0.15) is 0 Å². The molecule has 0 saturated carbocycles. The Balaban J connectivity index is 1.97. The number of H-pyrrole nitrogens is 1. The lowest BCUT2D eigenvalue weighted by atomic mass is 9.79. The number of aliphatic carboxylic acids is 1. The number of allylic oxidation sites excluding steroid dienone is 1. The number of nitrogens with one attached hydrogen (secondary N) is 1. The maximum Gasteiger partial charge on any atom is 0.352 e. The topological polar surface area (TPSA) is 154 Å². The van der Waals surface area contributed by atoms with Crippen molar-refractivity contribution in [2.24, 2.45) is 0 Å². The largest absolute Gasteiger partial charge is 0.502 e. The first kappa shape index (κ1) is 23.1. The second kappa shape index (κ2) is 8.54. The molecule has 0 amide bonds. The molecule has 1 aliphatic rings. The van der Waals surface area contributed by atoms with Crippen molar-refractivity contribution < 1.29 is 29.8 Å². The number of halogens is 1. The number of nitro groups is 1. The Bertz CT molecular complexity index is 1640. The molecule has 4 aromatic rings. The second-order valence-corrected chi connectivity index (χ2v) is 8.79. The zero-order valence-corrected chi connectivity index (χ0v) is 19.1. The highest BCUT2D eigenvalue weighted by Gasteiger charge is 2.39. The zero-order chi connectivity index (χ0) is 25.7. The molecule has 4 N–H and O–H groups in total. The number of carboxylic acid groups (broad SMARTS) is 2. The molecule has 1 aromatic heterocycles. The highest BCUT2D eigenvalue weighted by atomic mass is 35.5. The summed E-state index contributed by atoms with van der Waals surface area (Å²) in [5.41, 5.74) is 1.11. The number of aromatic hydroxyl groups is 1. The van der Waals surface area contributed by atoms with Gasteiger partial charge in [0.05, 0.1) is 4.92 Å². The molecule has 0 bridgehead atoms. The number of para-hydroxylation sites is 1. The van der Waals surface area contributed by atoms with E-state index in [-0.39, 0.29) is 39.4 Å². The number of nitrogens with zero attached hydrogens (tertiary/aromatic N) is 1. The number of carbonyl (C=O) groups is 2. The third-order valence-electron chi connectivity index (χ3n) is 6.39. The van der Waals surface area contributed by atoms with Gasteiger partial charge < -0.3 is 20.3 Å². The first-order chi connectivity index (χ1) is 17.2. The van der Waals surface area contributed by atoms with Crippen LogP contribution in [0.25, 0.3) is 16.5 Å². The predicted octanol–water partition coefficient (Wildman–Crippen LogP) is 5.36. The van der Waals surface area contributed by atoms with Gasteiger partial charge in [0.2, 0.25) is 0 Å². The summed E-state index contributed by atoms with van der Waals surface area (Å²) in [6.07, 6.45) is 0.0610. The van der Waals surface area contributed by atoms with Crippen LogP contribution in [0.3, 0.4) is 0 Å². The monoisotopic (exact) mass is 504 g/mol. The minimum Gasteiger partial charge on any atom is -0.502 e. The van der Waals surface area contributed by atoms with Gasteiger partial charge in [0.25, 0.3) is 0 Å². The van der Waals surface area contributed by atoms with Gasteiger partial charge in [0.1, 0.15) is 5.69 Å². The summed E-state index contributed by atoms with van der Waals surface area (Å²) >= 11 is 6.23. The van der Waals surface area contributed by atoms with E-state index < -0.39 is 34.2 Å². The van der Waals surface area contributed by atoms with Gasteiger partial charge in [-0.05, 0) is 28.8 Å². The van der Waals surface area contributed by atoms with E-state index in [1.165, 1.54) is 6.07 Å². The molecule has 0 spiro atoms. The van der Waals surface area contributed by atoms with E-state index in [1.807, 2.05) is 0 Å². The van der Waals surface area contributed by atoms with Gasteiger partial charge in [-0.1, -0.05) is 54.1 Å². The number of nitro benzene ring substituents is 1. The molecule has 10 heteroatoms. The van der Waals surface area contributed by atoms with Gasteiger partial charge in [0.15, 0.2) is 5.75 Å². The van der Waals surface area contributed by atoms with Crippen LogP contribution in [0, 0.1) is 10.1 Å². The fourth-order valence-electron chi connectivity index (χ4n) is 4.96. The number of aromatic carboxylic acids is 1. The maximum atomic E-state index is 12.4. The summed E-state index contributed by atoms with van der Waals surface area (Å²) in [5.74, 6) is -4.47. The minimum atomic E-state index is -1.31. The summed E-state index contributed by atoms with van der Waals surface area (Å²) in [6.45, 7) is 0. The molecule has 1 unspecified atom stereocenters. The van der Waals surface area contributed by atoms with Crippen LogP contribution >= 0.6 is 11.6 Å². The molecule has 1 heterocycles. The van der Waals surface area contributed by atoms with E-state index in [9.17, 15) is 35.0 Å². The van der Waals surface area contributed by atoms with Crippen molar-refractivity contribution in [2.45, 2.75) is 12.3 Å². The van der Waals surface area contributed by atoms with Crippen molar-refractivity contribution in [3.8, 4) is 5.75 Å². The van der Waals surface area contributed by atoms with Crippen LogP contribution in [0.2, 0.25) is 5.02 Å². The average molecular weight is 505 g/mol. The number of hydrogen-bond acceptors (Lipinski definition) is 5. The number of phenolic OH excluding ortho intramolecular Hbond substituents is 1. The number of hydrogen-bond donors (Lipinski definition) is 4. The Hall–Kier alpha value is -4.63. The molecular formula is C26H17ClN2O7. The van der Waals surface area contributed by atoms with Gasteiger partial charge in [-0.15, -0.1) is 0 Å². The van der Waals surface area contributed by atoms with Crippen molar-refractivity contribution in [3.05, 3.63) is 109 Å². The highest BCUT2D eigenvalue weighted by Crippen LogP contribution is 2.52. The highest BCUT2D eigenvalue weighted by molar-refractivity contribution is 6.31. The van der Waals surface area contributed by atoms with E-state index >= 15 is 0 Å². The van der Waals surface area contributed by atoms with E-state index in [0.29, 0.717) is 22.0 Å². The Morgan fingerprint density at radius 3 is 2.42 bits per heavy atom. The van der Waals surface area contributed by atoms with Crippen LogP contribution in [-0.2, 0) is 11.2 Å². The van der Waals surface area contributed by atoms with Gasteiger partial charge in [-0.3, -0.25) is 10.1 Å². The van der Waals surface area contributed by atoms with Crippen molar-refractivity contribution in [3.63, 3.8) is 0 Å². The van der Waals surface area contributed by atoms with Crippen molar-refractivity contribution in [2.75, 3.05) is 0 Å². The standard InChI is InChI=1S/C26H17ClN2O7/c27-13-10-16(24(30)19(11-13)29(35)36)21(20-14-6-2-1-5-12(14)9-17(20)25(31)32)22-15-7-3-4-8-18(15)28-23(22)26(33)34/h1-8,10-11,21,28,30H,9H2,(H,31,32)(H,33,34). The Morgan fingerprint density at radius 2 is 1.72 bits per heavy atom. The van der Waals surface area contributed by atoms with Crippen LogP contribution in [0.1, 0.15) is 38.7 Å². The molecule has 180 valence electrons. The normalized spacial score (nSPS) is 13.6. The quantitative estimate of drug-likeness (QED) is 0.203. The second-order valence-electron chi connectivity index (χ2n) is 8.35. The molecule has 3 aromatic carbocycles. The molecular weight excluding hydrogens is 488 g/mol. The Labute approximate surface area is 208 Å². The first-order valence-corrected chi connectivity index (χ1v) is 11.1. The van der Waals surface area contributed by atoms with Crippen LogP contribution in [-0.4, -0.2) is 37.2 Å². The smallest absolute Gasteiger partial charge is 0.352 e. The lowest BCUT2D eigenvalue weighted by Gasteiger charge is -2.23. The van der Waals surface area contributed by atoms with Gasteiger partial charge in [0, 0.05) is 51.0 Å². The number of fused-ring (bicyclic) bond motifs is 2. The van der Waals surface area contributed by atoms with E-state index in [4.69, 9.17) is 11.6 Å². The molecule has 9 nitrogen and oxygen atoms in total. The maximum absolute atomic E-state index is 12.4. The molecule has 0 aliphatic heterocycles. The predicted molar refractivity (Wildman–Crippen MR) is 132 cm³/mol. The summed E-state index contributed by atoms with van der Waals surface area (Å²) < 4.78 is 0. The minimum absolute atomic E-state index is 0.00940.